The predicted octanol–water partition coefficient (Wildman–Crippen LogP) is 4.46. The van der Waals surface area contributed by atoms with Crippen molar-refractivity contribution in [2.75, 3.05) is 0 Å². The van der Waals surface area contributed by atoms with Gasteiger partial charge in [0.05, 0.1) is 0 Å². The van der Waals surface area contributed by atoms with Crippen molar-refractivity contribution >= 4 is 0 Å². The Hall–Kier alpha value is -1.56. The average molecular weight is 209 g/mol. The van der Waals surface area contributed by atoms with Crippen LogP contribution in [0.1, 0.15) is 22.3 Å². The summed E-state index contributed by atoms with van der Waals surface area (Å²) in [7, 11) is 0. The standard InChI is InChI=1S/C16H17/c1-11-6-5-7-15(10-11)16-13(3)8-12(2)9-14(16)4/h5-10H,1H2,2-4H3. The van der Waals surface area contributed by atoms with Crippen LogP contribution in [0.5, 0.6) is 0 Å². The first-order chi connectivity index (χ1) is 7.58. The van der Waals surface area contributed by atoms with Crippen LogP contribution in [0.15, 0.2) is 36.4 Å². The highest BCUT2D eigenvalue weighted by molar-refractivity contribution is 5.71. The molecular formula is C16H17. The van der Waals surface area contributed by atoms with E-state index >= 15 is 0 Å². The van der Waals surface area contributed by atoms with Crippen molar-refractivity contribution in [3.63, 3.8) is 0 Å². The molecule has 2 aromatic carbocycles. The van der Waals surface area contributed by atoms with Gasteiger partial charge in [-0.05, 0) is 55.5 Å². The van der Waals surface area contributed by atoms with Gasteiger partial charge < -0.3 is 0 Å². The van der Waals surface area contributed by atoms with Crippen LogP contribution in [-0.2, 0) is 0 Å². The van der Waals surface area contributed by atoms with Crippen molar-refractivity contribution in [3.8, 4) is 11.1 Å². The Morgan fingerprint density at radius 2 is 1.50 bits per heavy atom. The van der Waals surface area contributed by atoms with Crippen molar-refractivity contribution in [1.82, 2.24) is 0 Å². The van der Waals surface area contributed by atoms with E-state index in [1.165, 1.54) is 27.8 Å². The van der Waals surface area contributed by atoms with Crippen LogP contribution in [0.2, 0.25) is 0 Å². The van der Waals surface area contributed by atoms with Crippen LogP contribution >= 0.6 is 0 Å². The minimum atomic E-state index is 1.07. The summed E-state index contributed by atoms with van der Waals surface area (Å²) in [4.78, 5) is 0. The Kier molecular flexibility index (Phi) is 2.82. The van der Waals surface area contributed by atoms with Crippen LogP contribution in [0, 0.1) is 27.7 Å². The monoisotopic (exact) mass is 209 g/mol. The van der Waals surface area contributed by atoms with E-state index in [1.807, 2.05) is 6.07 Å². The molecule has 0 unspecified atom stereocenters. The molecule has 0 aliphatic rings. The maximum Gasteiger partial charge on any atom is -0.0125 e. The molecule has 0 saturated heterocycles. The molecule has 1 radical (unpaired) electrons. The van der Waals surface area contributed by atoms with Gasteiger partial charge in [-0.2, -0.15) is 0 Å². The van der Waals surface area contributed by atoms with Crippen LogP contribution in [0.3, 0.4) is 0 Å². The molecule has 0 spiro atoms. The van der Waals surface area contributed by atoms with Crippen molar-refractivity contribution in [2.45, 2.75) is 20.8 Å². The lowest BCUT2D eigenvalue weighted by Gasteiger charge is -2.12. The fraction of sp³-hybridized carbons (Fsp3) is 0.188. The lowest BCUT2D eigenvalue weighted by atomic mass is 9.93. The first-order valence-corrected chi connectivity index (χ1v) is 5.58. The second kappa shape index (κ2) is 4.13. The van der Waals surface area contributed by atoms with Gasteiger partial charge in [0.1, 0.15) is 0 Å². The maximum absolute atomic E-state index is 3.98. The minimum Gasteiger partial charge on any atom is -0.0614 e. The normalized spacial score (nSPS) is 10.5. The molecule has 0 heteroatoms. The third kappa shape index (κ3) is 2.01. The summed E-state index contributed by atoms with van der Waals surface area (Å²) in [6.45, 7) is 10.5. The van der Waals surface area contributed by atoms with Gasteiger partial charge in [-0.3, -0.25) is 0 Å². The number of hydrogen-bond acceptors (Lipinski definition) is 0. The quantitative estimate of drug-likeness (QED) is 0.650. The van der Waals surface area contributed by atoms with Crippen LogP contribution in [-0.4, -0.2) is 0 Å². The molecule has 0 aliphatic carbocycles. The van der Waals surface area contributed by atoms with Crippen molar-refractivity contribution in [2.24, 2.45) is 0 Å². The summed E-state index contributed by atoms with van der Waals surface area (Å²) in [6, 6.07) is 12.9. The lowest BCUT2D eigenvalue weighted by molar-refractivity contribution is 1.32. The van der Waals surface area contributed by atoms with Gasteiger partial charge in [-0.15, -0.1) is 0 Å². The van der Waals surface area contributed by atoms with Gasteiger partial charge in [-0.1, -0.05) is 42.0 Å². The molecule has 2 rings (SSSR count). The Labute approximate surface area is 97.9 Å². The van der Waals surface area contributed by atoms with Crippen LogP contribution in [0.4, 0.5) is 0 Å². The molecule has 2 aromatic rings. The Morgan fingerprint density at radius 3 is 2.06 bits per heavy atom. The molecule has 0 atom stereocenters. The van der Waals surface area contributed by atoms with Gasteiger partial charge in [0.2, 0.25) is 0 Å². The topological polar surface area (TPSA) is 0 Å². The molecule has 0 saturated carbocycles. The Morgan fingerprint density at radius 1 is 0.875 bits per heavy atom. The largest absolute Gasteiger partial charge is 0.0614 e. The molecule has 0 fully saturated rings. The van der Waals surface area contributed by atoms with E-state index in [0.717, 1.165) is 5.56 Å². The van der Waals surface area contributed by atoms with Crippen LogP contribution in [0.25, 0.3) is 11.1 Å². The van der Waals surface area contributed by atoms with Crippen molar-refractivity contribution in [3.05, 3.63) is 65.6 Å². The molecular weight excluding hydrogens is 192 g/mol. The maximum atomic E-state index is 3.98. The van der Waals surface area contributed by atoms with Gasteiger partial charge >= 0.3 is 0 Å². The summed E-state index contributed by atoms with van der Waals surface area (Å²) < 4.78 is 0. The third-order valence-electron chi connectivity index (χ3n) is 2.89. The van der Waals surface area contributed by atoms with Gasteiger partial charge in [0.15, 0.2) is 0 Å². The predicted molar refractivity (Wildman–Crippen MR) is 70.5 cm³/mol. The first kappa shape index (κ1) is 10.9. The minimum absolute atomic E-state index is 1.07. The molecule has 0 aromatic heterocycles. The summed E-state index contributed by atoms with van der Waals surface area (Å²) in [5.74, 6) is 0. The van der Waals surface area contributed by atoms with Gasteiger partial charge in [-0.25, -0.2) is 0 Å². The smallest absolute Gasteiger partial charge is 0.0125 e. The zero-order chi connectivity index (χ0) is 11.7. The van der Waals surface area contributed by atoms with E-state index in [-0.39, 0.29) is 0 Å². The summed E-state index contributed by atoms with van der Waals surface area (Å²) >= 11 is 0. The van der Waals surface area contributed by atoms with Gasteiger partial charge in [0.25, 0.3) is 0 Å². The number of aryl methyl sites for hydroxylation is 3. The highest BCUT2D eigenvalue weighted by Gasteiger charge is 2.06. The molecule has 0 aliphatic heterocycles. The van der Waals surface area contributed by atoms with E-state index < -0.39 is 0 Å². The van der Waals surface area contributed by atoms with E-state index in [2.05, 4.69) is 58.0 Å². The second-order valence-corrected chi connectivity index (χ2v) is 4.47. The van der Waals surface area contributed by atoms with E-state index in [1.54, 1.807) is 0 Å². The fourth-order valence-electron chi connectivity index (χ4n) is 2.36. The molecule has 0 nitrogen and oxygen atoms in total. The molecule has 81 valence electrons. The summed E-state index contributed by atoms with van der Waals surface area (Å²) in [5, 5.41) is 0. The fourth-order valence-corrected chi connectivity index (χ4v) is 2.36. The van der Waals surface area contributed by atoms with E-state index in [0.29, 0.717) is 0 Å². The first-order valence-electron chi connectivity index (χ1n) is 5.58. The second-order valence-electron chi connectivity index (χ2n) is 4.47. The summed E-state index contributed by atoms with van der Waals surface area (Å²) in [5.41, 5.74) is 7.67. The SMILES string of the molecule is [CH2]c1cccc(-c2c(C)cc(C)cc2C)c1. The van der Waals surface area contributed by atoms with E-state index in [4.69, 9.17) is 0 Å². The number of rotatable bonds is 1. The number of hydrogen-bond donors (Lipinski definition) is 0. The zero-order valence-electron chi connectivity index (χ0n) is 10.2. The van der Waals surface area contributed by atoms with Crippen LogP contribution < -0.4 is 0 Å². The molecule has 0 heterocycles. The Bertz CT molecular complexity index is 498. The molecule has 0 N–H and O–H groups in total. The van der Waals surface area contributed by atoms with Gasteiger partial charge in [0, 0.05) is 0 Å². The average Bonchev–Trinajstić information content (AvgIpc) is 2.15. The Balaban J connectivity index is 2.64. The molecule has 0 amide bonds. The number of benzene rings is 2. The third-order valence-corrected chi connectivity index (χ3v) is 2.89. The highest BCUT2D eigenvalue weighted by Crippen LogP contribution is 2.28. The van der Waals surface area contributed by atoms with E-state index in [9.17, 15) is 0 Å². The van der Waals surface area contributed by atoms with Crippen molar-refractivity contribution in [1.29, 1.82) is 0 Å². The summed E-state index contributed by atoms with van der Waals surface area (Å²) in [6.07, 6.45) is 0. The molecule has 0 bridgehead atoms. The zero-order valence-corrected chi connectivity index (χ0v) is 10.2. The highest BCUT2D eigenvalue weighted by atomic mass is 14.1. The lowest BCUT2D eigenvalue weighted by Crippen LogP contribution is -1.90. The molecule has 16 heavy (non-hydrogen) atoms. The van der Waals surface area contributed by atoms with Crippen molar-refractivity contribution < 1.29 is 0 Å².